The van der Waals surface area contributed by atoms with Gasteiger partial charge >= 0.3 is 0 Å². The molecule has 0 fully saturated rings. The Balaban J connectivity index is 2.73. The Morgan fingerprint density at radius 2 is 2.06 bits per heavy atom. The second-order valence-corrected chi connectivity index (χ2v) is 5.20. The van der Waals surface area contributed by atoms with Crippen LogP contribution in [-0.2, 0) is 10.3 Å². The van der Waals surface area contributed by atoms with Gasteiger partial charge in [-0.05, 0) is 33.7 Å². The van der Waals surface area contributed by atoms with Gasteiger partial charge in [-0.1, -0.05) is 19.0 Å². The SMILES string of the molecule is CCCNC(C)C(C)c1nc(C(C)(C)OC)no1. The zero-order valence-corrected chi connectivity index (χ0v) is 12.3. The minimum Gasteiger partial charge on any atom is -0.371 e. The van der Waals surface area contributed by atoms with E-state index in [-0.39, 0.29) is 5.92 Å². The van der Waals surface area contributed by atoms with Gasteiger partial charge in [0, 0.05) is 13.2 Å². The molecule has 2 atom stereocenters. The number of hydrogen-bond acceptors (Lipinski definition) is 5. The van der Waals surface area contributed by atoms with Gasteiger partial charge in [-0.15, -0.1) is 0 Å². The van der Waals surface area contributed by atoms with Crippen molar-refractivity contribution in [2.45, 2.75) is 58.6 Å². The summed E-state index contributed by atoms with van der Waals surface area (Å²) >= 11 is 0. The molecule has 0 aliphatic carbocycles. The summed E-state index contributed by atoms with van der Waals surface area (Å²) in [4.78, 5) is 4.44. The van der Waals surface area contributed by atoms with E-state index in [1.165, 1.54) is 0 Å². The number of nitrogens with zero attached hydrogens (tertiary/aromatic N) is 2. The third kappa shape index (κ3) is 3.53. The van der Waals surface area contributed by atoms with Crippen LogP contribution in [0.5, 0.6) is 0 Å². The maximum absolute atomic E-state index is 5.34. The van der Waals surface area contributed by atoms with Gasteiger partial charge in [-0.2, -0.15) is 4.98 Å². The number of aromatic nitrogens is 2. The predicted molar refractivity (Wildman–Crippen MR) is 70.5 cm³/mol. The van der Waals surface area contributed by atoms with Crippen molar-refractivity contribution >= 4 is 0 Å². The molecular formula is C13H25N3O2. The molecule has 104 valence electrons. The van der Waals surface area contributed by atoms with Crippen LogP contribution >= 0.6 is 0 Å². The van der Waals surface area contributed by atoms with E-state index < -0.39 is 5.60 Å². The Morgan fingerprint density at radius 3 is 2.61 bits per heavy atom. The highest BCUT2D eigenvalue weighted by Crippen LogP contribution is 2.24. The molecule has 1 N–H and O–H groups in total. The molecule has 0 saturated heterocycles. The smallest absolute Gasteiger partial charge is 0.231 e. The molecule has 0 radical (unpaired) electrons. The van der Waals surface area contributed by atoms with Crippen LogP contribution in [0, 0.1) is 0 Å². The average molecular weight is 255 g/mol. The normalized spacial score (nSPS) is 15.7. The van der Waals surface area contributed by atoms with Crippen molar-refractivity contribution in [1.29, 1.82) is 0 Å². The molecule has 0 bridgehead atoms. The number of methoxy groups -OCH3 is 1. The first-order chi connectivity index (χ1) is 8.42. The third-order valence-corrected chi connectivity index (χ3v) is 3.35. The summed E-state index contributed by atoms with van der Waals surface area (Å²) in [6, 6.07) is 0.309. The van der Waals surface area contributed by atoms with Crippen molar-refractivity contribution in [2.75, 3.05) is 13.7 Å². The Bertz CT molecular complexity index is 363. The van der Waals surface area contributed by atoms with Gasteiger partial charge in [0.25, 0.3) is 0 Å². The average Bonchev–Trinajstić information content (AvgIpc) is 2.85. The minimum atomic E-state index is -0.512. The molecule has 1 aromatic heterocycles. The van der Waals surface area contributed by atoms with E-state index in [0.29, 0.717) is 17.8 Å². The van der Waals surface area contributed by atoms with Gasteiger partial charge in [0.1, 0.15) is 5.60 Å². The molecule has 0 spiro atoms. The summed E-state index contributed by atoms with van der Waals surface area (Å²) in [5.41, 5.74) is -0.512. The Kier molecular flexibility index (Phi) is 5.28. The fraction of sp³-hybridized carbons (Fsp3) is 0.846. The van der Waals surface area contributed by atoms with E-state index in [2.05, 4.69) is 36.2 Å². The van der Waals surface area contributed by atoms with Crippen molar-refractivity contribution in [3.8, 4) is 0 Å². The highest BCUT2D eigenvalue weighted by molar-refractivity contribution is 5.01. The van der Waals surface area contributed by atoms with E-state index >= 15 is 0 Å². The minimum absolute atomic E-state index is 0.186. The monoisotopic (exact) mass is 255 g/mol. The largest absolute Gasteiger partial charge is 0.371 e. The lowest BCUT2D eigenvalue weighted by Crippen LogP contribution is -2.31. The van der Waals surface area contributed by atoms with Gasteiger partial charge in [0.15, 0.2) is 0 Å². The van der Waals surface area contributed by atoms with Gasteiger partial charge in [0.2, 0.25) is 11.7 Å². The molecule has 1 rings (SSSR count). The molecule has 0 aliphatic heterocycles. The van der Waals surface area contributed by atoms with Crippen LogP contribution in [0.25, 0.3) is 0 Å². The van der Waals surface area contributed by atoms with Crippen molar-refractivity contribution in [2.24, 2.45) is 0 Å². The van der Waals surface area contributed by atoms with E-state index in [1.54, 1.807) is 7.11 Å². The lowest BCUT2D eigenvalue weighted by atomic mass is 10.0. The van der Waals surface area contributed by atoms with Crippen LogP contribution in [0.1, 0.15) is 58.7 Å². The number of ether oxygens (including phenoxy) is 1. The highest BCUT2D eigenvalue weighted by atomic mass is 16.5. The first-order valence-electron chi connectivity index (χ1n) is 6.55. The molecule has 0 aliphatic rings. The lowest BCUT2D eigenvalue weighted by molar-refractivity contribution is 0.00973. The van der Waals surface area contributed by atoms with Gasteiger partial charge in [-0.3, -0.25) is 0 Å². The van der Waals surface area contributed by atoms with E-state index in [0.717, 1.165) is 13.0 Å². The second-order valence-electron chi connectivity index (χ2n) is 5.20. The molecule has 5 nitrogen and oxygen atoms in total. The summed E-state index contributed by atoms with van der Waals surface area (Å²) in [5, 5.41) is 7.44. The number of nitrogens with one attached hydrogen (secondary N) is 1. The fourth-order valence-corrected chi connectivity index (χ4v) is 1.52. The molecule has 0 amide bonds. The molecule has 0 aromatic carbocycles. The van der Waals surface area contributed by atoms with Crippen LogP contribution in [0.3, 0.4) is 0 Å². The summed E-state index contributed by atoms with van der Waals surface area (Å²) in [7, 11) is 1.64. The maximum atomic E-state index is 5.34. The topological polar surface area (TPSA) is 60.2 Å². The van der Waals surface area contributed by atoms with Crippen molar-refractivity contribution in [3.63, 3.8) is 0 Å². The van der Waals surface area contributed by atoms with Crippen LogP contribution in [-0.4, -0.2) is 29.8 Å². The van der Waals surface area contributed by atoms with Crippen LogP contribution in [0.15, 0.2) is 4.52 Å². The Hall–Kier alpha value is -0.940. The molecule has 2 unspecified atom stereocenters. The second kappa shape index (κ2) is 6.29. The Morgan fingerprint density at radius 1 is 1.39 bits per heavy atom. The molecule has 1 heterocycles. The zero-order chi connectivity index (χ0) is 13.8. The molecule has 18 heavy (non-hydrogen) atoms. The van der Waals surface area contributed by atoms with Gasteiger partial charge < -0.3 is 14.6 Å². The molecular weight excluding hydrogens is 230 g/mol. The number of rotatable bonds is 7. The molecule has 5 heteroatoms. The fourth-order valence-electron chi connectivity index (χ4n) is 1.52. The first-order valence-corrected chi connectivity index (χ1v) is 6.55. The van der Waals surface area contributed by atoms with E-state index in [4.69, 9.17) is 9.26 Å². The van der Waals surface area contributed by atoms with Gasteiger partial charge in [0.05, 0.1) is 5.92 Å². The van der Waals surface area contributed by atoms with Crippen LogP contribution in [0.4, 0.5) is 0 Å². The first kappa shape index (κ1) is 15.1. The standard InChI is InChI=1S/C13H25N3O2/c1-7-8-14-10(3)9(2)11-15-12(16-18-11)13(4,5)17-6/h9-10,14H,7-8H2,1-6H3. The summed E-state index contributed by atoms with van der Waals surface area (Å²) in [6.07, 6.45) is 1.11. The van der Waals surface area contributed by atoms with E-state index in [9.17, 15) is 0 Å². The van der Waals surface area contributed by atoms with Crippen molar-refractivity contribution in [3.05, 3.63) is 11.7 Å². The summed E-state index contributed by atoms with van der Waals surface area (Å²) < 4.78 is 10.7. The van der Waals surface area contributed by atoms with Gasteiger partial charge in [-0.25, -0.2) is 0 Å². The third-order valence-electron chi connectivity index (χ3n) is 3.35. The lowest BCUT2D eigenvalue weighted by Gasteiger charge is -2.18. The van der Waals surface area contributed by atoms with Crippen molar-refractivity contribution in [1.82, 2.24) is 15.5 Å². The zero-order valence-electron chi connectivity index (χ0n) is 12.3. The molecule has 1 aromatic rings. The predicted octanol–water partition coefficient (Wildman–Crippen LogP) is 2.44. The number of hydrogen-bond donors (Lipinski definition) is 1. The molecule has 0 saturated carbocycles. The summed E-state index contributed by atoms with van der Waals surface area (Å²) in [6.45, 7) is 11.2. The maximum Gasteiger partial charge on any atom is 0.231 e. The van der Waals surface area contributed by atoms with E-state index in [1.807, 2.05) is 13.8 Å². The summed E-state index contributed by atoms with van der Waals surface area (Å²) in [5.74, 6) is 1.44. The quantitative estimate of drug-likeness (QED) is 0.811. The van der Waals surface area contributed by atoms with Crippen molar-refractivity contribution < 1.29 is 9.26 Å². The highest BCUT2D eigenvalue weighted by Gasteiger charge is 2.28. The van der Waals surface area contributed by atoms with Crippen LogP contribution < -0.4 is 5.32 Å². The van der Waals surface area contributed by atoms with Crippen LogP contribution in [0.2, 0.25) is 0 Å². The Labute approximate surface area is 109 Å².